The Kier molecular flexibility index (Phi) is 4.95. The molecular weight excluding hydrogens is 430 g/mol. The first-order chi connectivity index (χ1) is 16.6. The van der Waals surface area contributed by atoms with E-state index in [0.717, 1.165) is 23.3 Å². The highest BCUT2D eigenvalue weighted by atomic mass is 16.5. The molecule has 3 aliphatic heterocycles. The van der Waals surface area contributed by atoms with Crippen molar-refractivity contribution >= 4 is 22.7 Å². The lowest BCUT2D eigenvalue weighted by Gasteiger charge is -2.23. The molecule has 4 atom stereocenters. The van der Waals surface area contributed by atoms with Crippen LogP contribution in [0.15, 0.2) is 66.9 Å². The summed E-state index contributed by atoms with van der Waals surface area (Å²) in [5.74, 6) is -0.430. The highest BCUT2D eigenvalue weighted by Crippen LogP contribution is 2.51. The summed E-state index contributed by atoms with van der Waals surface area (Å²) in [7, 11) is 1.61. The van der Waals surface area contributed by atoms with Gasteiger partial charge in [0.25, 0.3) is 0 Å². The molecule has 174 valence electrons. The molecule has 7 heteroatoms. The summed E-state index contributed by atoms with van der Waals surface area (Å²) in [5, 5.41) is 4.19. The van der Waals surface area contributed by atoms with Gasteiger partial charge in [-0.1, -0.05) is 48.6 Å². The van der Waals surface area contributed by atoms with Gasteiger partial charge in [-0.2, -0.15) is 0 Å². The summed E-state index contributed by atoms with van der Waals surface area (Å²) in [6.45, 7) is 1.42. The number of methoxy groups -OCH3 is 1. The van der Waals surface area contributed by atoms with Crippen molar-refractivity contribution in [2.75, 3.05) is 20.2 Å². The predicted octanol–water partition coefficient (Wildman–Crippen LogP) is 2.82. The number of H-pyrrole nitrogens is 1. The minimum Gasteiger partial charge on any atom is -0.496 e. The van der Waals surface area contributed by atoms with Crippen LogP contribution in [0.25, 0.3) is 10.9 Å². The summed E-state index contributed by atoms with van der Waals surface area (Å²) in [4.78, 5) is 31.9. The van der Waals surface area contributed by atoms with Crippen LogP contribution in [0.1, 0.15) is 11.1 Å². The molecule has 2 amide bonds. The van der Waals surface area contributed by atoms with E-state index in [4.69, 9.17) is 9.47 Å². The van der Waals surface area contributed by atoms with E-state index < -0.39 is 17.4 Å². The summed E-state index contributed by atoms with van der Waals surface area (Å²) in [6.07, 6.45) is 6.34. The van der Waals surface area contributed by atoms with E-state index in [2.05, 4.69) is 22.4 Å². The Hall–Kier alpha value is -3.58. The minimum atomic E-state index is -0.700. The standard InChI is InChI=1S/C27H27N3O4/c1-33-21-9-5-2-6-18(21)15-29-25(31)23-22-10-12-27(34-22)16-30(26(32)24(23)27)13-11-17-14-28-20-8-4-3-7-19(17)20/h2-10,12,14,22-24,28H,11,13,15-16H2,1H3,(H,29,31)/t22-,23+,24-,27-/m1/s1. The molecule has 2 aromatic carbocycles. The molecule has 1 spiro atoms. The number of aromatic amines is 1. The molecule has 2 bridgehead atoms. The molecular formula is C27H27N3O4. The Morgan fingerprint density at radius 3 is 2.91 bits per heavy atom. The van der Waals surface area contributed by atoms with Gasteiger partial charge in [0, 0.05) is 35.8 Å². The number of amides is 2. The number of rotatable bonds is 7. The van der Waals surface area contributed by atoms with Crippen LogP contribution in [-0.2, 0) is 27.3 Å². The first kappa shape index (κ1) is 21.0. The Labute approximate surface area is 197 Å². The van der Waals surface area contributed by atoms with Crippen molar-refractivity contribution in [1.29, 1.82) is 0 Å². The van der Waals surface area contributed by atoms with Gasteiger partial charge in [0.05, 0.1) is 31.6 Å². The van der Waals surface area contributed by atoms with Crippen LogP contribution in [0.3, 0.4) is 0 Å². The van der Waals surface area contributed by atoms with Gasteiger partial charge in [-0.05, 0) is 24.1 Å². The SMILES string of the molecule is COc1ccccc1CNC(=O)[C@H]1[C@H]2C=C[C@]3(CN(CCc4c[nH]c5ccccc45)C(=O)[C@@H]13)O2. The third-order valence-corrected chi connectivity index (χ3v) is 7.45. The molecule has 1 aromatic heterocycles. The van der Waals surface area contributed by atoms with Gasteiger partial charge < -0.3 is 24.7 Å². The van der Waals surface area contributed by atoms with Crippen LogP contribution in [0.4, 0.5) is 0 Å². The van der Waals surface area contributed by atoms with Crippen LogP contribution in [0, 0.1) is 11.8 Å². The van der Waals surface area contributed by atoms with Crippen LogP contribution in [0.2, 0.25) is 0 Å². The van der Waals surface area contributed by atoms with Crippen LogP contribution < -0.4 is 10.1 Å². The summed E-state index contributed by atoms with van der Waals surface area (Å²) in [6, 6.07) is 15.8. The molecule has 0 unspecified atom stereocenters. The van der Waals surface area contributed by atoms with E-state index in [0.29, 0.717) is 19.6 Å². The lowest BCUT2D eigenvalue weighted by Crippen LogP contribution is -2.44. The van der Waals surface area contributed by atoms with Gasteiger partial charge in [0.15, 0.2) is 0 Å². The quantitative estimate of drug-likeness (QED) is 0.535. The van der Waals surface area contributed by atoms with E-state index in [9.17, 15) is 9.59 Å². The number of aromatic nitrogens is 1. The highest BCUT2D eigenvalue weighted by Gasteiger charge is 2.66. The average Bonchev–Trinajstić information content (AvgIpc) is 3.61. The number of hydrogen-bond donors (Lipinski definition) is 2. The Morgan fingerprint density at radius 1 is 1.21 bits per heavy atom. The lowest BCUT2D eigenvalue weighted by atomic mass is 9.77. The van der Waals surface area contributed by atoms with Gasteiger partial charge in [0.1, 0.15) is 11.4 Å². The maximum atomic E-state index is 13.5. The van der Waals surface area contributed by atoms with E-state index in [1.165, 1.54) is 10.9 Å². The van der Waals surface area contributed by atoms with Crippen LogP contribution in [0.5, 0.6) is 5.75 Å². The Morgan fingerprint density at radius 2 is 2.03 bits per heavy atom. The lowest BCUT2D eigenvalue weighted by molar-refractivity contribution is -0.137. The second-order valence-corrected chi connectivity index (χ2v) is 9.30. The van der Waals surface area contributed by atoms with Gasteiger partial charge in [-0.15, -0.1) is 0 Å². The topological polar surface area (TPSA) is 83.7 Å². The normalized spacial score (nSPS) is 26.9. The van der Waals surface area contributed by atoms with Crippen LogP contribution in [-0.4, -0.2) is 53.6 Å². The number of carbonyl (C=O) groups excluding carboxylic acids is 2. The zero-order chi connectivity index (χ0) is 23.3. The number of hydrogen-bond acceptors (Lipinski definition) is 4. The summed E-state index contributed by atoms with van der Waals surface area (Å²) < 4.78 is 11.6. The van der Waals surface area contributed by atoms with Gasteiger partial charge >= 0.3 is 0 Å². The molecule has 4 heterocycles. The largest absolute Gasteiger partial charge is 0.496 e. The van der Waals surface area contributed by atoms with Crippen molar-refractivity contribution in [1.82, 2.24) is 15.2 Å². The first-order valence-corrected chi connectivity index (χ1v) is 11.7. The highest BCUT2D eigenvalue weighted by molar-refractivity contribution is 5.93. The van der Waals surface area contributed by atoms with Crippen molar-refractivity contribution in [3.05, 3.63) is 78.0 Å². The van der Waals surface area contributed by atoms with Gasteiger partial charge in [-0.25, -0.2) is 0 Å². The number of carbonyl (C=O) groups is 2. The fraction of sp³-hybridized carbons (Fsp3) is 0.333. The third-order valence-electron chi connectivity index (χ3n) is 7.45. The fourth-order valence-corrected chi connectivity index (χ4v) is 5.81. The molecule has 2 saturated heterocycles. The number of ether oxygens (including phenoxy) is 2. The summed E-state index contributed by atoms with van der Waals surface area (Å²) in [5.41, 5.74) is 2.47. The molecule has 0 radical (unpaired) electrons. The third kappa shape index (κ3) is 3.22. The molecule has 0 aliphatic carbocycles. The smallest absolute Gasteiger partial charge is 0.230 e. The number of likely N-dealkylation sites (tertiary alicyclic amines) is 1. The van der Waals surface area contributed by atoms with Gasteiger partial charge in [-0.3, -0.25) is 9.59 Å². The second kappa shape index (κ2) is 8.02. The number of benzene rings is 2. The van der Waals surface area contributed by atoms with Crippen molar-refractivity contribution in [3.63, 3.8) is 0 Å². The Balaban J connectivity index is 1.16. The van der Waals surface area contributed by atoms with Crippen molar-refractivity contribution in [2.45, 2.75) is 24.7 Å². The maximum absolute atomic E-state index is 13.5. The van der Waals surface area contributed by atoms with E-state index in [1.807, 2.05) is 59.6 Å². The monoisotopic (exact) mass is 457 g/mol. The predicted molar refractivity (Wildman–Crippen MR) is 127 cm³/mol. The van der Waals surface area contributed by atoms with Gasteiger partial charge in [0.2, 0.25) is 11.8 Å². The molecule has 0 saturated carbocycles. The van der Waals surface area contributed by atoms with E-state index >= 15 is 0 Å². The minimum absolute atomic E-state index is 0.00383. The van der Waals surface area contributed by atoms with E-state index in [-0.39, 0.29) is 17.9 Å². The maximum Gasteiger partial charge on any atom is 0.230 e. The molecule has 6 rings (SSSR count). The molecule has 2 N–H and O–H groups in total. The number of fused-ring (bicyclic) bond motifs is 2. The number of nitrogens with one attached hydrogen (secondary N) is 2. The first-order valence-electron chi connectivity index (χ1n) is 11.7. The number of nitrogens with zero attached hydrogens (tertiary/aromatic N) is 1. The molecule has 3 aromatic rings. The molecule has 7 nitrogen and oxygen atoms in total. The zero-order valence-electron chi connectivity index (χ0n) is 19.0. The molecule has 2 fully saturated rings. The van der Waals surface area contributed by atoms with Crippen molar-refractivity contribution in [2.24, 2.45) is 11.8 Å². The number of para-hydroxylation sites is 2. The zero-order valence-corrected chi connectivity index (χ0v) is 19.0. The summed E-state index contributed by atoms with van der Waals surface area (Å²) >= 11 is 0. The van der Waals surface area contributed by atoms with Crippen molar-refractivity contribution < 1.29 is 19.1 Å². The van der Waals surface area contributed by atoms with Crippen molar-refractivity contribution in [3.8, 4) is 5.75 Å². The second-order valence-electron chi connectivity index (χ2n) is 9.30. The van der Waals surface area contributed by atoms with Crippen LogP contribution >= 0.6 is 0 Å². The Bertz CT molecular complexity index is 1300. The molecule has 3 aliphatic rings. The molecule has 34 heavy (non-hydrogen) atoms. The van der Waals surface area contributed by atoms with E-state index in [1.54, 1.807) is 7.11 Å². The fourth-order valence-electron chi connectivity index (χ4n) is 5.81. The average molecular weight is 458 g/mol.